The van der Waals surface area contributed by atoms with Gasteiger partial charge in [0.2, 0.25) is 0 Å². The second-order valence-electron chi connectivity index (χ2n) is 4.73. The minimum atomic E-state index is -0.411. The third-order valence-electron chi connectivity index (χ3n) is 3.42. The van der Waals surface area contributed by atoms with Crippen molar-refractivity contribution in [3.05, 3.63) is 47.7 Å². The molecule has 1 aromatic carbocycles. The lowest BCUT2D eigenvalue weighted by molar-refractivity contribution is -0.136. The van der Waals surface area contributed by atoms with Crippen LogP contribution in [0.4, 0.5) is 0 Å². The lowest BCUT2D eigenvalue weighted by Gasteiger charge is -2.26. The van der Waals surface area contributed by atoms with Gasteiger partial charge in [0.15, 0.2) is 0 Å². The van der Waals surface area contributed by atoms with E-state index in [1.807, 2.05) is 30.6 Å². The molecule has 0 radical (unpaired) electrons. The molecule has 2 unspecified atom stereocenters. The van der Waals surface area contributed by atoms with E-state index in [0.29, 0.717) is 5.70 Å². The van der Waals surface area contributed by atoms with Crippen molar-refractivity contribution in [2.75, 3.05) is 7.11 Å². The molecule has 0 amide bonds. The van der Waals surface area contributed by atoms with Gasteiger partial charge in [0.05, 0.1) is 19.5 Å². The molecule has 102 valence electrons. The highest BCUT2D eigenvalue weighted by molar-refractivity contribution is 5.92. The molecule has 0 saturated heterocycles. The summed E-state index contributed by atoms with van der Waals surface area (Å²) in [5.74, 6) is -0.411. The molecule has 0 aliphatic carbocycles. The molecule has 20 heavy (non-hydrogen) atoms. The second-order valence-corrected chi connectivity index (χ2v) is 4.73. The average molecular weight is 269 g/mol. The number of hydrogen-bond donors (Lipinski definition) is 0. The monoisotopic (exact) mass is 269 g/mol. The summed E-state index contributed by atoms with van der Waals surface area (Å²) in [6.07, 6.45) is 5.36. The number of methoxy groups -OCH3 is 1. The van der Waals surface area contributed by atoms with Crippen molar-refractivity contribution in [2.24, 2.45) is 9.98 Å². The third-order valence-corrected chi connectivity index (χ3v) is 3.42. The lowest BCUT2D eigenvalue weighted by Crippen LogP contribution is -2.37. The van der Waals surface area contributed by atoms with Crippen LogP contribution in [-0.4, -0.2) is 42.6 Å². The number of nitrogens with zero attached hydrogens (tertiary/aromatic N) is 3. The van der Waals surface area contributed by atoms with Crippen LogP contribution in [0.15, 0.2) is 52.1 Å². The van der Waals surface area contributed by atoms with Crippen LogP contribution >= 0.6 is 0 Å². The Bertz CT molecular complexity index is 592. The van der Waals surface area contributed by atoms with E-state index in [1.165, 1.54) is 12.7 Å². The maximum atomic E-state index is 11.6. The van der Waals surface area contributed by atoms with Gasteiger partial charge in [0.25, 0.3) is 0 Å². The van der Waals surface area contributed by atoms with Gasteiger partial charge in [-0.2, -0.15) is 0 Å². The van der Waals surface area contributed by atoms with Gasteiger partial charge in [-0.15, -0.1) is 0 Å². The highest BCUT2D eigenvalue weighted by Gasteiger charge is 2.32. The molecule has 3 rings (SSSR count). The maximum absolute atomic E-state index is 11.6. The summed E-state index contributed by atoms with van der Waals surface area (Å²) in [6.45, 7) is 0.754. The standard InChI is InChI=1S/C15H15N3O2/c1-20-15(19)12-7-14-13(8-16-12)17-10-18(14)9-11-5-3-2-4-6-11/h2-8,10,13-14H,9H2,1H3. The van der Waals surface area contributed by atoms with Crippen LogP contribution in [0, 0.1) is 0 Å². The van der Waals surface area contributed by atoms with Gasteiger partial charge in [-0.3, -0.25) is 9.98 Å². The Morgan fingerprint density at radius 1 is 1.35 bits per heavy atom. The van der Waals surface area contributed by atoms with Crippen molar-refractivity contribution in [3.8, 4) is 0 Å². The van der Waals surface area contributed by atoms with Gasteiger partial charge in [-0.25, -0.2) is 4.79 Å². The summed E-state index contributed by atoms with van der Waals surface area (Å²) in [6, 6.07) is 10.2. The van der Waals surface area contributed by atoms with Crippen LogP contribution in [0.1, 0.15) is 5.56 Å². The van der Waals surface area contributed by atoms with Crippen LogP contribution in [0.2, 0.25) is 0 Å². The predicted molar refractivity (Wildman–Crippen MR) is 76.6 cm³/mol. The fourth-order valence-electron chi connectivity index (χ4n) is 2.37. The molecule has 0 saturated carbocycles. The molecule has 0 aromatic heterocycles. The van der Waals surface area contributed by atoms with E-state index < -0.39 is 5.97 Å². The molecule has 2 atom stereocenters. The van der Waals surface area contributed by atoms with Crippen LogP contribution < -0.4 is 0 Å². The average Bonchev–Trinajstić information content (AvgIpc) is 2.90. The van der Waals surface area contributed by atoms with Crippen LogP contribution in [0.25, 0.3) is 0 Å². The van der Waals surface area contributed by atoms with Gasteiger partial charge in [0.1, 0.15) is 11.7 Å². The Balaban J connectivity index is 1.78. The number of rotatable bonds is 3. The van der Waals surface area contributed by atoms with Crippen molar-refractivity contribution in [2.45, 2.75) is 18.6 Å². The molecule has 2 aliphatic rings. The van der Waals surface area contributed by atoms with E-state index in [-0.39, 0.29) is 12.1 Å². The smallest absolute Gasteiger partial charge is 0.356 e. The number of fused-ring (bicyclic) bond motifs is 1. The number of carbonyl (C=O) groups is 1. The Morgan fingerprint density at radius 3 is 2.90 bits per heavy atom. The highest BCUT2D eigenvalue weighted by atomic mass is 16.5. The molecule has 2 heterocycles. The van der Waals surface area contributed by atoms with Crippen LogP contribution in [0.3, 0.4) is 0 Å². The largest absolute Gasteiger partial charge is 0.464 e. The zero-order chi connectivity index (χ0) is 13.9. The zero-order valence-corrected chi connectivity index (χ0v) is 11.1. The molecule has 0 fully saturated rings. The predicted octanol–water partition coefficient (Wildman–Crippen LogP) is 1.41. The minimum Gasteiger partial charge on any atom is -0.464 e. The van der Waals surface area contributed by atoms with Crippen molar-refractivity contribution in [1.29, 1.82) is 0 Å². The summed E-state index contributed by atoms with van der Waals surface area (Å²) in [5.41, 5.74) is 1.55. The summed E-state index contributed by atoms with van der Waals surface area (Å²) in [4.78, 5) is 22.2. The normalized spacial score (nSPS) is 23.4. The summed E-state index contributed by atoms with van der Waals surface area (Å²) in [5, 5.41) is 0. The molecular formula is C15H15N3O2. The maximum Gasteiger partial charge on any atom is 0.356 e. The summed E-state index contributed by atoms with van der Waals surface area (Å²) >= 11 is 0. The van der Waals surface area contributed by atoms with Crippen LogP contribution in [0.5, 0.6) is 0 Å². The number of carbonyl (C=O) groups excluding carboxylic acids is 1. The van der Waals surface area contributed by atoms with E-state index in [2.05, 4.69) is 27.0 Å². The van der Waals surface area contributed by atoms with Crippen molar-refractivity contribution in [1.82, 2.24) is 4.90 Å². The van der Waals surface area contributed by atoms with Gasteiger partial charge >= 0.3 is 5.97 Å². The molecule has 0 N–H and O–H groups in total. The van der Waals surface area contributed by atoms with Gasteiger partial charge < -0.3 is 9.64 Å². The van der Waals surface area contributed by atoms with Gasteiger partial charge in [-0.1, -0.05) is 30.3 Å². The molecular weight excluding hydrogens is 254 g/mol. The van der Waals surface area contributed by atoms with Gasteiger partial charge in [0, 0.05) is 12.8 Å². The van der Waals surface area contributed by atoms with Crippen molar-refractivity contribution < 1.29 is 9.53 Å². The fraction of sp³-hybridized carbons (Fsp3) is 0.267. The number of aliphatic imine (C=N–C) groups is 2. The third kappa shape index (κ3) is 2.34. The molecule has 0 spiro atoms. The van der Waals surface area contributed by atoms with E-state index >= 15 is 0 Å². The van der Waals surface area contributed by atoms with E-state index in [4.69, 9.17) is 4.74 Å². The number of esters is 1. The topological polar surface area (TPSA) is 54.3 Å². The first-order valence-electron chi connectivity index (χ1n) is 6.45. The SMILES string of the molecule is COC(=O)C1=CC2C(C=N1)N=CN2Cc1ccccc1. The molecule has 1 aromatic rings. The number of hydrogen-bond acceptors (Lipinski definition) is 5. The van der Waals surface area contributed by atoms with Gasteiger partial charge in [-0.05, 0) is 11.6 Å². The van der Waals surface area contributed by atoms with E-state index in [0.717, 1.165) is 6.54 Å². The molecule has 2 aliphatic heterocycles. The summed E-state index contributed by atoms with van der Waals surface area (Å²) in [7, 11) is 1.36. The molecule has 5 nitrogen and oxygen atoms in total. The first-order valence-corrected chi connectivity index (χ1v) is 6.45. The van der Waals surface area contributed by atoms with E-state index in [1.54, 1.807) is 6.21 Å². The highest BCUT2D eigenvalue weighted by Crippen LogP contribution is 2.22. The zero-order valence-electron chi connectivity index (χ0n) is 11.1. The number of benzene rings is 1. The van der Waals surface area contributed by atoms with Crippen molar-refractivity contribution in [3.63, 3.8) is 0 Å². The Hall–Kier alpha value is -2.43. The van der Waals surface area contributed by atoms with Crippen LogP contribution in [-0.2, 0) is 16.1 Å². The molecule has 5 heteroatoms. The van der Waals surface area contributed by atoms with E-state index in [9.17, 15) is 4.79 Å². The fourth-order valence-corrected chi connectivity index (χ4v) is 2.37. The summed E-state index contributed by atoms with van der Waals surface area (Å²) < 4.78 is 4.71. The lowest BCUT2D eigenvalue weighted by atomic mass is 10.0. The molecule has 0 bridgehead atoms. The first-order chi connectivity index (χ1) is 9.78. The first kappa shape index (κ1) is 12.6. The quantitative estimate of drug-likeness (QED) is 0.780. The van der Waals surface area contributed by atoms with Crippen molar-refractivity contribution >= 4 is 18.5 Å². The Kier molecular flexibility index (Phi) is 3.33. The minimum absolute atomic E-state index is 0.0212. The second kappa shape index (κ2) is 5.28. The number of ether oxygens (including phenoxy) is 1. The Morgan fingerprint density at radius 2 is 2.15 bits per heavy atom. The Labute approximate surface area is 117 Å².